The van der Waals surface area contributed by atoms with Crippen LogP contribution in [0.2, 0.25) is 0 Å². The molecule has 0 aliphatic carbocycles. The van der Waals surface area contributed by atoms with E-state index in [0.717, 1.165) is 19.5 Å². The maximum Gasteiger partial charge on any atom is 0.253 e. The summed E-state index contributed by atoms with van der Waals surface area (Å²) in [5.41, 5.74) is 2.18. The van der Waals surface area contributed by atoms with Crippen molar-refractivity contribution in [1.82, 2.24) is 10.3 Å². The molecule has 0 saturated carbocycles. The molecule has 14 heavy (non-hydrogen) atoms. The van der Waals surface area contributed by atoms with E-state index in [1.807, 2.05) is 0 Å². The number of methoxy groups -OCH3 is 1. The minimum atomic E-state index is -0.241. The van der Waals surface area contributed by atoms with Crippen LogP contribution in [0.3, 0.4) is 0 Å². The number of carbonyl (C=O) groups is 1. The highest BCUT2D eigenvalue weighted by molar-refractivity contribution is 5.81. The van der Waals surface area contributed by atoms with Gasteiger partial charge in [-0.05, 0) is 18.9 Å². The van der Waals surface area contributed by atoms with Crippen molar-refractivity contribution >= 4 is 5.91 Å². The third-order valence-electron chi connectivity index (χ3n) is 2.67. The molecule has 2 atom stereocenters. The van der Waals surface area contributed by atoms with Crippen molar-refractivity contribution < 1.29 is 9.53 Å². The normalized spacial score (nSPS) is 24.9. The van der Waals surface area contributed by atoms with E-state index >= 15 is 0 Å². The summed E-state index contributed by atoms with van der Waals surface area (Å²) in [4.78, 5) is 13.6. The maximum absolute atomic E-state index is 11.4. The summed E-state index contributed by atoms with van der Waals surface area (Å²) in [5, 5.41) is 0. The number of nitrogens with one attached hydrogen (secondary N) is 1. The van der Waals surface area contributed by atoms with Gasteiger partial charge in [0.2, 0.25) is 0 Å². The van der Waals surface area contributed by atoms with Gasteiger partial charge in [-0.25, -0.2) is 5.84 Å². The van der Waals surface area contributed by atoms with E-state index in [0.29, 0.717) is 12.5 Å². The number of rotatable bonds is 4. The first-order valence-corrected chi connectivity index (χ1v) is 4.92. The Morgan fingerprint density at radius 2 is 2.50 bits per heavy atom. The van der Waals surface area contributed by atoms with Gasteiger partial charge >= 0.3 is 0 Å². The van der Waals surface area contributed by atoms with Gasteiger partial charge in [-0.2, -0.15) is 0 Å². The first kappa shape index (κ1) is 11.4. The average molecular weight is 201 g/mol. The molecule has 0 spiro atoms. The Balaban J connectivity index is 2.53. The number of ether oxygens (including phenoxy) is 1. The smallest absolute Gasteiger partial charge is 0.253 e. The number of carbonyl (C=O) groups excluding carboxylic acids is 1. The second kappa shape index (κ2) is 5.29. The molecule has 1 amide bonds. The minimum Gasteiger partial charge on any atom is -0.383 e. The van der Waals surface area contributed by atoms with Crippen molar-refractivity contribution in [3.8, 4) is 0 Å². The lowest BCUT2D eigenvalue weighted by molar-refractivity contribution is -0.128. The number of hydrazine groups is 1. The molecule has 1 rings (SSSR count). The molecule has 2 unspecified atom stereocenters. The molecule has 1 aliphatic rings. The molecule has 0 radical (unpaired) electrons. The van der Waals surface area contributed by atoms with E-state index in [4.69, 9.17) is 10.6 Å². The quantitative estimate of drug-likeness (QED) is 0.360. The minimum absolute atomic E-state index is 0.166. The largest absolute Gasteiger partial charge is 0.383 e. The van der Waals surface area contributed by atoms with Crippen LogP contribution in [0.25, 0.3) is 0 Å². The molecule has 5 heteroatoms. The topological polar surface area (TPSA) is 67.6 Å². The summed E-state index contributed by atoms with van der Waals surface area (Å²) < 4.78 is 5.02. The van der Waals surface area contributed by atoms with E-state index in [1.54, 1.807) is 7.11 Å². The van der Waals surface area contributed by atoms with Crippen LogP contribution in [0.4, 0.5) is 0 Å². The van der Waals surface area contributed by atoms with Crippen molar-refractivity contribution in [2.75, 3.05) is 26.8 Å². The molecule has 1 fully saturated rings. The third kappa shape index (κ3) is 2.67. The van der Waals surface area contributed by atoms with E-state index in [9.17, 15) is 4.79 Å². The van der Waals surface area contributed by atoms with Crippen LogP contribution in [0.1, 0.15) is 13.3 Å². The fraction of sp³-hybridized carbons (Fsp3) is 0.889. The second-order valence-corrected chi connectivity index (χ2v) is 3.87. The number of amides is 1. The number of nitrogens with two attached hydrogens (primary N) is 1. The van der Waals surface area contributed by atoms with Crippen molar-refractivity contribution in [3.63, 3.8) is 0 Å². The van der Waals surface area contributed by atoms with Gasteiger partial charge in [0.15, 0.2) is 0 Å². The third-order valence-corrected chi connectivity index (χ3v) is 2.67. The summed E-state index contributed by atoms with van der Waals surface area (Å²) in [6, 6.07) is -0.241. The van der Waals surface area contributed by atoms with E-state index in [-0.39, 0.29) is 11.9 Å². The standard InChI is InChI=1S/C9H19N3O2/c1-7-3-4-12(5-7)8(6-14-2)9(13)11-10/h7-8H,3-6,10H2,1-2H3,(H,11,13). The number of hydrogen-bond donors (Lipinski definition) is 2. The zero-order valence-electron chi connectivity index (χ0n) is 8.82. The Morgan fingerprint density at radius 3 is 2.93 bits per heavy atom. The highest BCUT2D eigenvalue weighted by Crippen LogP contribution is 2.17. The zero-order chi connectivity index (χ0) is 10.6. The molecule has 1 aliphatic heterocycles. The highest BCUT2D eigenvalue weighted by Gasteiger charge is 2.30. The summed E-state index contributed by atoms with van der Waals surface area (Å²) in [6.45, 7) is 4.48. The highest BCUT2D eigenvalue weighted by atomic mass is 16.5. The van der Waals surface area contributed by atoms with Crippen LogP contribution < -0.4 is 11.3 Å². The van der Waals surface area contributed by atoms with E-state index < -0.39 is 0 Å². The Hall–Kier alpha value is -0.650. The summed E-state index contributed by atoms with van der Waals surface area (Å²) in [7, 11) is 1.59. The van der Waals surface area contributed by atoms with Gasteiger partial charge in [0.1, 0.15) is 6.04 Å². The lowest BCUT2D eigenvalue weighted by Gasteiger charge is -2.25. The lowest BCUT2D eigenvalue weighted by Crippen LogP contribution is -2.50. The average Bonchev–Trinajstić information content (AvgIpc) is 2.60. The number of hydrogen-bond acceptors (Lipinski definition) is 4. The lowest BCUT2D eigenvalue weighted by atomic mass is 10.2. The van der Waals surface area contributed by atoms with Gasteiger partial charge < -0.3 is 4.74 Å². The van der Waals surface area contributed by atoms with Gasteiger partial charge in [-0.3, -0.25) is 15.1 Å². The number of nitrogens with zero attached hydrogens (tertiary/aromatic N) is 1. The summed E-state index contributed by atoms with van der Waals surface area (Å²) >= 11 is 0. The Bertz CT molecular complexity index is 198. The van der Waals surface area contributed by atoms with Gasteiger partial charge in [0.25, 0.3) is 5.91 Å². The zero-order valence-corrected chi connectivity index (χ0v) is 8.82. The molecule has 1 heterocycles. The molecule has 5 nitrogen and oxygen atoms in total. The fourth-order valence-electron chi connectivity index (χ4n) is 1.85. The Labute approximate surface area is 84.5 Å². The van der Waals surface area contributed by atoms with Crippen LogP contribution in [-0.2, 0) is 9.53 Å². The Morgan fingerprint density at radius 1 is 1.79 bits per heavy atom. The molecular weight excluding hydrogens is 182 g/mol. The fourth-order valence-corrected chi connectivity index (χ4v) is 1.85. The van der Waals surface area contributed by atoms with Crippen LogP contribution in [0.5, 0.6) is 0 Å². The molecule has 1 saturated heterocycles. The van der Waals surface area contributed by atoms with E-state index in [1.165, 1.54) is 0 Å². The maximum atomic E-state index is 11.4. The van der Waals surface area contributed by atoms with Crippen LogP contribution in [0, 0.1) is 5.92 Å². The Kier molecular flexibility index (Phi) is 4.31. The predicted octanol–water partition coefficient (Wildman–Crippen LogP) is -0.667. The second-order valence-electron chi connectivity index (χ2n) is 3.87. The van der Waals surface area contributed by atoms with Crippen LogP contribution in [0.15, 0.2) is 0 Å². The molecule has 3 N–H and O–H groups in total. The molecule has 0 bridgehead atoms. The molecule has 82 valence electrons. The van der Waals surface area contributed by atoms with Gasteiger partial charge in [0, 0.05) is 13.7 Å². The molecule has 0 aromatic carbocycles. The monoisotopic (exact) mass is 201 g/mol. The molecule has 0 aromatic rings. The summed E-state index contributed by atoms with van der Waals surface area (Å²) in [5.74, 6) is 5.61. The number of likely N-dealkylation sites (tertiary alicyclic amines) is 1. The van der Waals surface area contributed by atoms with Crippen molar-refractivity contribution in [1.29, 1.82) is 0 Å². The SMILES string of the molecule is COCC(C(=O)NN)N1CCC(C)C1. The van der Waals surface area contributed by atoms with Crippen LogP contribution in [-0.4, -0.2) is 43.7 Å². The van der Waals surface area contributed by atoms with Crippen molar-refractivity contribution in [3.05, 3.63) is 0 Å². The first-order valence-electron chi connectivity index (χ1n) is 4.92. The molecule has 0 aromatic heterocycles. The van der Waals surface area contributed by atoms with Gasteiger partial charge in [-0.15, -0.1) is 0 Å². The van der Waals surface area contributed by atoms with Crippen molar-refractivity contribution in [2.45, 2.75) is 19.4 Å². The molecular formula is C9H19N3O2. The first-order chi connectivity index (χ1) is 6.69. The van der Waals surface area contributed by atoms with E-state index in [2.05, 4.69) is 17.2 Å². The van der Waals surface area contributed by atoms with Crippen LogP contribution >= 0.6 is 0 Å². The summed E-state index contributed by atoms with van der Waals surface area (Å²) in [6.07, 6.45) is 1.14. The van der Waals surface area contributed by atoms with Gasteiger partial charge in [0.05, 0.1) is 6.61 Å². The van der Waals surface area contributed by atoms with Gasteiger partial charge in [-0.1, -0.05) is 6.92 Å². The van der Waals surface area contributed by atoms with Crippen molar-refractivity contribution in [2.24, 2.45) is 11.8 Å². The predicted molar refractivity (Wildman–Crippen MR) is 53.3 cm³/mol.